The van der Waals surface area contributed by atoms with E-state index in [0.717, 1.165) is 41.6 Å². The molecule has 1 fully saturated rings. The van der Waals surface area contributed by atoms with Crippen LogP contribution in [0.15, 0.2) is 18.2 Å². The minimum absolute atomic E-state index is 0.138. The molecule has 5 nitrogen and oxygen atoms in total. The number of amides is 1. The number of nitrogens with one attached hydrogen (secondary N) is 1. The molecule has 1 N–H and O–H groups in total. The van der Waals surface area contributed by atoms with Crippen molar-refractivity contribution in [3.05, 3.63) is 38.8 Å². The average Bonchev–Trinajstić information content (AvgIpc) is 2.97. The van der Waals surface area contributed by atoms with Crippen molar-refractivity contribution in [3.8, 4) is 0 Å². The molecule has 1 aromatic carbocycles. The van der Waals surface area contributed by atoms with Crippen LogP contribution in [0.3, 0.4) is 0 Å². The van der Waals surface area contributed by atoms with Gasteiger partial charge in [0.2, 0.25) is 0 Å². The topological polar surface area (TPSA) is 54.5 Å². The number of rotatable bonds is 4. The monoisotopic (exact) mass is 365 g/mol. The van der Waals surface area contributed by atoms with Crippen molar-refractivity contribution in [2.75, 3.05) is 36.5 Å². The van der Waals surface area contributed by atoms with E-state index in [2.05, 4.69) is 15.2 Å². The highest BCUT2D eigenvalue weighted by Gasteiger charge is 2.19. The second-order valence-electron chi connectivity index (χ2n) is 5.59. The Bertz CT molecular complexity index is 741. The van der Waals surface area contributed by atoms with E-state index in [1.165, 1.54) is 11.3 Å². The van der Waals surface area contributed by atoms with Crippen LogP contribution in [0.1, 0.15) is 27.3 Å². The van der Waals surface area contributed by atoms with Crippen molar-refractivity contribution in [1.29, 1.82) is 0 Å². The lowest BCUT2D eigenvalue weighted by atomic mass is 10.2. The van der Waals surface area contributed by atoms with E-state index in [0.29, 0.717) is 23.1 Å². The number of carbonyl (C=O) groups excluding carboxylic acids is 1. The summed E-state index contributed by atoms with van der Waals surface area (Å²) in [5, 5.41) is 4.57. The predicted octanol–water partition coefficient (Wildman–Crippen LogP) is 3.76. The number of hydrogen-bond acceptors (Lipinski definition) is 5. The minimum Gasteiger partial charge on any atom is -0.378 e. The number of morpholine rings is 1. The third-order valence-electron chi connectivity index (χ3n) is 3.91. The molecule has 0 saturated carbocycles. The SMILES string of the molecule is CCc1nc(C)c(C(=O)Nc2cc(Cl)ccc2N2CCOCC2)s1. The second kappa shape index (κ2) is 7.51. The number of halogens is 1. The average molecular weight is 366 g/mol. The maximum Gasteiger partial charge on any atom is 0.267 e. The standard InChI is InChI=1S/C17H20ClN3O2S/c1-3-15-19-11(2)16(24-15)17(22)20-13-10-12(18)4-5-14(13)21-6-8-23-9-7-21/h4-5,10H,3,6-9H2,1-2H3,(H,20,22). The molecule has 128 valence electrons. The van der Waals surface area contributed by atoms with Gasteiger partial charge >= 0.3 is 0 Å². The number of anilines is 2. The normalized spacial score (nSPS) is 14.7. The molecule has 0 unspecified atom stereocenters. The summed E-state index contributed by atoms with van der Waals surface area (Å²) in [5.74, 6) is -0.138. The highest BCUT2D eigenvalue weighted by Crippen LogP contribution is 2.31. The Morgan fingerprint density at radius 2 is 2.17 bits per heavy atom. The molecule has 2 aromatic rings. The van der Waals surface area contributed by atoms with Gasteiger partial charge in [-0.25, -0.2) is 4.98 Å². The smallest absolute Gasteiger partial charge is 0.267 e. The van der Waals surface area contributed by atoms with Crippen molar-refractivity contribution in [2.45, 2.75) is 20.3 Å². The van der Waals surface area contributed by atoms with Gasteiger partial charge in [-0.2, -0.15) is 0 Å². The van der Waals surface area contributed by atoms with Crippen LogP contribution >= 0.6 is 22.9 Å². The van der Waals surface area contributed by atoms with E-state index in [9.17, 15) is 4.79 Å². The summed E-state index contributed by atoms with van der Waals surface area (Å²) in [7, 11) is 0. The second-order valence-corrected chi connectivity index (χ2v) is 7.11. The first-order chi connectivity index (χ1) is 11.6. The van der Waals surface area contributed by atoms with E-state index >= 15 is 0 Å². The lowest BCUT2D eigenvalue weighted by molar-refractivity contribution is 0.103. The summed E-state index contributed by atoms with van der Waals surface area (Å²) < 4.78 is 5.40. The number of carbonyl (C=O) groups is 1. The van der Waals surface area contributed by atoms with Crippen LogP contribution in [-0.4, -0.2) is 37.2 Å². The number of aromatic nitrogens is 1. The largest absolute Gasteiger partial charge is 0.378 e. The summed E-state index contributed by atoms with van der Waals surface area (Å²) >= 11 is 7.58. The van der Waals surface area contributed by atoms with E-state index in [1.54, 1.807) is 6.07 Å². The summed E-state index contributed by atoms with van der Waals surface area (Å²) in [6.45, 7) is 6.86. The zero-order chi connectivity index (χ0) is 17.1. The van der Waals surface area contributed by atoms with E-state index in [1.807, 2.05) is 26.0 Å². The highest BCUT2D eigenvalue weighted by molar-refractivity contribution is 7.13. The van der Waals surface area contributed by atoms with Gasteiger partial charge in [0.15, 0.2) is 0 Å². The summed E-state index contributed by atoms with van der Waals surface area (Å²) in [6, 6.07) is 5.58. The number of ether oxygens (including phenoxy) is 1. The van der Waals surface area contributed by atoms with Gasteiger partial charge in [-0.3, -0.25) is 4.79 Å². The molecule has 0 atom stereocenters. The Morgan fingerprint density at radius 3 is 2.83 bits per heavy atom. The fourth-order valence-corrected chi connectivity index (χ4v) is 3.75. The number of aryl methyl sites for hydroxylation is 2. The lowest BCUT2D eigenvalue weighted by Crippen LogP contribution is -2.36. The van der Waals surface area contributed by atoms with Crippen molar-refractivity contribution in [2.24, 2.45) is 0 Å². The summed E-state index contributed by atoms with van der Waals surface area (Å²) in [6.07, 6.45) is 0.828. The molecule has 0 bridgehead atoms. The van der Waals surface area contributed by atoms with Crippen molar-refractivity contribution < 1.29 is 9.53 Å². The minimum atomic E-state index is -0.138. The van der Waals surface area contributed by atoms with Gasteiger partial charge in [0.05, 0.1) is 35.3 Å². The molecule has 0 aliphatic carbocycles. The summed E-state index contributed by atoms with van der Waals surface area (Å²) in [5.41, 5.74) is 2.46. The maximum absolute atomic E-state index is 12.7. The van der Waals surface area contributed by atoms with Crippen LogP contribution in [0.5, 0.6) is 0 Å². The molecular formula is C17H20ClN3O2S. The first-order valence-corrected chi connectivity index (χ1v) is 9.18. The van der Waals surface area contributed by atoms with Crippen molar-refractivity contribution in [3.63, 3.8) is 0 Å². The Morgan fingerprint density at radius 1 is 1.42 bits per heavy atom. The summed E-state index contributed by atoms with van der Waals surface area (Å²) in [4.78, 5) is 20.0. The molecule has 1 amide bonds. The maximum atomic E-state index is 12.7. The first-order valence-electron chi connectivity index (χ1n) is 7.98. The van der Waals surface area contributed by atoms with Crippen LogP contribution < -0.4 is 10.2 Å². The van der Waals surface area contributed by atoms with E-state index < -0.39 is 0 Å². The molecule has 7 heteroatoms. The number of hydrogen-bond donors (Lipinski definition) is 1. The lowest BCUT2D eigenvalue weighted by Gasteiger charge is -2.30. The van der Waals surface area contributed by atoms with Crippen molar-refractivity contribution in [1.82, 2.24) is 4.98 Å². The van der Waals surface area contributed by atoms with Gasteiger partial charge in [-0.1, -0.05) is 18.5 Å². The Balaban J connectivity index is 1.86. The number of nitrogens with zero attached hydrogens (tertiary/aromatic N) is 2. The molecule has 1 aliphatic heterocycles. The first kappa shape index (κ1) is 17.2. The van der Waals surface area contributed by atoms with Gasteiger partial charge in [0, 0.05) is 18.1 Å². The third-order valence-corrected chi connectivity index (χ3v) is 5.44. The van der Waals surface area contributed by atoms with Gasteiger partial charge < -0.3 is 15.0 Å². The van der Waals surface area contributed by atoms with Crippen LogP contribution in [0.25, 0.3) is 0 Å². The van der Waals surface area contributed by atoms with Gasteiger partial charge in [0.25, 0.3) is 5.91 Å². The zero-order valence-electron chi connectivity index (χ0n) is 13.8. The number of benzene rings is 1. The Hall–Kier alpha value is -1.63. The third kappa shape index (κ3) is 3.71. The van der Waals surface area contributed by atoms with Crippen LogP contribution in [0, 0.1) is 6.92 Å². The van der Waals surface area contributed by atoms with Gasteiger partial charge in [0.1, 0.15) is 4.88 Å². The van der Waals surface area contributed by atoms with Crippen molar-refractivity contribution >= 4 is 40.2 Å². The number of thiazole rings is 1. The van der Waals surface area contributed by atoms with Crippen LogP contribution in [-0.2, 0) is 11.2 Å². The fraction of sp³-hybridized carbons (Fsp3) is 0.412. The molecule has 24 heavy (non-hydrogen) atoms. The zero-order valence-corrected chi connectivity index (χ0v) is 15.3. The van der Waals surface area contributed by atoms with Crippen LogP contribution in [0.4, 0.5) is 11.4 Å². The molecule has 1 aliphatic rings. The van der Waals surface area contributed by atoms with E-state index in [4.69, 9.17) is 16.3 Å². The Kier molecular flexibility index (Phi) is 5.38. The molecule has 0 spiro atoms. The van der Waals surface area contributed by atoms with Gasteiger partial charge in [-0.05, 0) is 31.5 Å². The highest BCUT2D eigenvalue weighted by atomic mass is 35.5. The molecule has 1 aromatic heterocycles. The molecule has 2 heterocycles. The Labute approximate surface area is 150 Å². The molecular weight excluding hydrogens is 346 g/mol. The molecule has 0 radical (unpaired) electrons. The van der Waals surface area contributed by atoms with Crippen LogP contribution in [0.2, 0.25) is 5.02 Å². The molecule has 3 rings (SSSR count). The van der Waals surface area contributed by atoms with E-state index in [-0.39, 0.29) is 5.91 Å². The van der Waals surface area contributed by atoms with Gasteiger partial charge in [-0.15, -0.1) is 11.3 Å². The predicted molar refractivity (Wildman–Crippen MR) is 98.7 cm³/mol. The quantitative estimate of drug-likeness (QED) is 0.896. The molecule has 1 saturated heterocycles. The fourth-order valence-electron chi connectivity index (χ4n) is 2.68.